The average molecular weight is 749 g/mol. The molecule has 286 valence electrons. The molecule has 1 heterocycles. The van der Waals surface area contributed by atoms with Crippen LogP contribution in [-0.2, 0) is 27.2 Å². The maximum atomic E-state index is 13.4. The molecule has 0 unspecified atom stereocenters. The van der Waals surface area contributed by atoms with E-state index in [1.54, 1.807) is 12.1 Å². The van der Waals surface area contributed by atoms with Crippen LogP contribution in [0.1, 0.15) is 56.1 Å². The van der Waals surface area contributed by atoms with Crippen molar-refractivity contribution in [3.05, 3.63) is 75.6 Å². The third-order valence-electron chi connectivity index (χ3n) is 8.40. The zero-order valence-electron chi connectivity index (χ0n) is 28.1. The van der Waals surface area contributed by atoms with Crippen molar-refractivity contribution in [1.82, 2.24) is 20.5 Å². The van der Waals surface area contributed by atoms with Crippen molar-refractivity contribution in [3.8, 4) is 5.75 Å². The van der Waals surface area contributed by atoms with Gasteiger partial charge in [0.05, 0.1) is 5.52 Å². The first-order valence-corrected chi connectivity index (χ1v) is 16.7. The number of ketones is 2. The van der Waals surface area contributed by atoms with E-state index in [-0.39, 0.29) is 23.3 Å². The Hall–Kier alpha value is -4.38. The van der Waals surface area contributed by atoms with Gasteiger partial charge in [0.2, 0.25) is 11.5 Å². The molecule has 1 saturated carbocycles. The maximum Gasteiger partial charge on any atom is 0.458 e. The van der Waals surface area contributed by atoms with E-state index in [1.165, 1.54) is 31.0 Å². The van der Waals surface area contributed by atoms with Crippen molar-refractivity contribution >= 4 is 28.4 Å². The van der Waals surface area contributed by atoms with Crippen molar-refractivity contribution in [1.29, 1.82) is 0 Å². The fourth-order valence-electron chi connectivity index (χ4n) is 5.85. The highest BCUT2D eigenvalue weighted by Gasteiger charge is 2.54. The second kappa shape index (κ2) is 19.5. The molecule has 1 aliphatic carbocycles. The molecule has 17 heteroatoms. The highest BCUT2D eigenvalue weighted by molar-refractivity contribution is 6.41. The predicted molar refractivity (Wildman–Crippen MR) is 176 cm³/mol. The Morgan fingerprint density at radius 2 is 1.35 bits per heavy atom. The summed E-state index contributed by atoms with van der Waals surface area (Å²) in [6.45, 7) is 3.07. The number of amides is 1. The van der Waals surface area contributed by atoms with Crippen molar-refractivity contribution < 1.29 is 54.6 Å². The first kappa shape index (κ1) is 42.0. The van der Waals surface area contributed by atoms with Crippen LogP contribution in [0.2, 0.25) is 0 Å². The van der Waals surface area contributed by atoms with Crippen molar-refractivity contribution in [3.63, 3.8) is 0 Å². The lowest BCUT2D eigenvalue weighted by molar-refractivity contribution is -0.193. The summed E-state index contributed by atoms with van der Waals surface area (Å²) in [7, 11) is 0. The first-order chi connectivity index (χ1) is 24.5. The molecule has 0 atom stereocenters. The minimum Gasteiger partial charge on any atom is -0.506 e. The van der Waals surface area contributed by atoms with E-state index in [0.717, 1.165) is 49.1 Å². The Balaban J connectivity index is 0.000000521. The standard InChI is InChI=1S/C31H40F2N4O3.C4F6O2/c32-24-19-22(20-25(33)21-24)11-14-34-16-13-30(40)37(26-5-3-1-2-4-6-26)18-17-35-15-12-23-7-9-28(38)31-27(23)8-10-29(39)36-31;5-3(6,7)1(11)2(12)4(8,9)10/h7-10,19-21,26,34-35,38H,1-6,11-18H2,(H,36,39);. The second-order valence-corrected chi connectivity index (χ2v) is 12.3. The fraction of sp³-hybridized carbons (Fsp3) is 0.486. The van der Waals surface area contributed by atoms with Gasteiger partial charge in [-0.25, -0.2) is 8.78 Å². The Kier molecular flexibility index (Phi) is 15.7. The minimum atomic E-state index is -5.77. The van der Waals surface area contributed by atoms with Gasteiger partial charge >= 0.3 is 23.9 Å². The molecule has 1 aromatic heterocycles. The van der Waals surface area contributed by atoms with Gasteiger partial charge in [0.15, 0.2) is 0 Å². The lowest BCUT2D eigenvalue weighted by Crippen LogP contribution is -2.45. The summed E-state index contributed by atoms with van der Waals surface area (Å²) in [5.74, 6) is -7.79. The molecular weight excluding hydrogens is 708 g/mol. The number of aromatic nitrogens is 1. The van der Waals surface area contributed by atoms with Crippen LogP contribution in [0, 0.1) is 11.6 Å². The van der Waals surface area contributed by atoms with Crippen LogP contribution in [0.15, 0.2) is 47.3 Å². The van der Waals surface area contributed by atoms with E-state index in [0.29, 0.717) is 56.6 Å². The number of rotatable bonds is 14. The number of phenols is 1. The van der Waals surface area contributed by atoms with Gasteiger partial charge in [-0.3, -0.25) is 19.2 Å². The van der Waals surface area contributed by atoms with Crippen LogP contribution in [0.25, 0.3) is 10.9 Å². The number of benzene rings is 2. The number of nitrogens with zero attached hydrogens (tertiary/aromatic N) is 1. The lowest BCUT2D eigenvalue weighted by Gasteiger charge is -2.32. The summed E-state index contributed by atoms with van der Waals surface area (Å²) in [4.78, 5) is 48.9. The van der Waals surface area contributed by atoms with Crippen molar-refractivity contribution in [2.24, 2.45) is 0 Å². The van der Waals surface area contributed by atoms with E-state index >= 15 is 0 Å². The number of nitrogens with one attached hydrogen (secondary N) is 3. The second-order valence-electron chi connectivity index (χ2n) is 12.3. The monoisotopic (exact) mass is 748 g/mol. The molecule has 3 aromatic rings. The van der Waals surface area contributed by atoms with Crippen LogP contribution in [0.4, 0.5) is 35.1 Å². The Bertz CT molecular complexity index is 1680. The molecule has 4 N–H and O–H groups in total. The molecular formula is C35H40F8N4O5. The third kappa shape index (κ3) is 13.3. The van der Waals surface area contributed by atoms with Crippen molar-refractivity contribution in [2.45, 2.75) is 76.2 Å². The lowest BCUT2D eigenvalue weighted by atomic mass is 10.0. The molecule has 1 amide bonds. The van der Waals surface area contributed by atoms with Crippen LogP contribution in [-0.4, -0.2) is 83.6 Å². The van der Waals surface area contributed by atoms with E-state index < -0.39 is 35.6 Å². The predicted octanol–water partition coefficient (Wildman–Crippen LogP) is 5.67. The zero-order chi connectivity index (χ0) is 38.5. The van der Waals surface area contributed by atoms with Crippen LogP contribution < -0.4 is 16.2 Å². The quantitative estimate of drug-likeness (QED) is 0.0724. The van der Waals surface area contributed by atoms with Crippen LogP contribution in [0.3, 0.4) is 0 Å². The van der Waals surface area contributed by atoms with E-state index in [4.69, 9.17) is 0 Å². The van der Waals surface area contributed by atoms with Gasteiger partial charge in [-0.05, 0) is 74.2 Å². The van der Waals surface area contributed by atoms with Crippen molar-refractivity contribution in [2.75, 3.05) is 32.7 Å². The number of carbonyl (C=O) groups is 3. The first-order valence-electron chi connectivity index (χ1n) is 16.7. The SMILES string of the molecule is O=C(C(=O)C(F)(F)F)C(F)(F)F.O=C(CCNCCc1cc(F)cc(F)c1)N(CCNCCc1ccc(O)c2[nH]c(=O)ccc12)C1CCCCCC1. The number of aromatic amines is 1. The van der Waals surface area contributed by atoms with Gasteiger partial charge < -0.3 is 25.6 Å². The number of carbonyl (C=O) groups excluding carboxylic acids is 3. The number of H-pyrrole nitrogens is 1. The van der Waals surface area contributed by atoms with Gasteiger partial charge in [0.1, 0.15) is 17.4 Å². The van der Waals surface area contributed by atoms with Gasteiger partial charge in [0.25, 0.3) is 0 Å². The Morgan fingerprint density at radius 3 is 1.94 bits per heavy atom. The molecule has 52 heavy (non-hydrogen) atoms. The number of Topliss-reactive ketones (excluding diaryl/α,β-unsaturated/α-hetero) is 2. The normalized spacial score (nSPS) is 14.0. The molecule has 4 rings (SSSR count). The number of alkyl halides is 6. The molecule has 1 aliphatic rings. The maximum absolute atomic E-state index is 13.4. The van der Waals surface area contributed by atoms with E-state index in [9.17, 15) is 59.4 Å². The van der Waals surface area contributed by atoms with Gasteiger partial charge in [0, 0.05) is 49.6 Å². The Morgan fingerprint density at radius 1 is 0.769 bits per heavy atom. The molecule has 0 spiro atoms. The number of pyridine rings is 1. The highest BCUT2D eigenvalue weighted by Crippen LogP contribution is 2.26. The average Bonchev–Trinajstić information content (AvgIpc) is 3.35. The molecule has 0 bridgehead atoms. The topological polar surface area (TPSA) is 132 Å². The van der Waals surface area contributed by atoms with Crippen LogP contribution >= 0.6 is 0 Å². The number of hydrogen-bond acceptors (Lipinski definition) is 7. The summed E-state index contributed by atoms with van der Waals surface area (Å²) >= 11 is 0. The van der Waals surface area contributed by atoms with E-state index in [2.05, 4.69) is 15.6 Å². The number of hydrogen-bond donors (Lipinski definition) is 4. The zero-order valence-corrected chi connectivity index (χ0v) is 28.1. The highest BCUT2D eigenvalue weighted by atomic mass is 19.4. The largest absolute Gasteiger partial charge is 0.506 e. The number of aromatic hydroxyl groups is 1. The third-order valence-corrected chi connectivity index (χ3v) is 8.40. The molecule has 1 fully saturated rings. The molecule has 2 aromatic carbocycles. The number of fused-ring (bicyclic) bond motifs is 1. The molecule has 0 aliphatic heterocycles. The summed E-state index contributed by atoms with van der Waals surface area (Å²) in [5.41, 5.74) is 1.82. The molecule has 0 saturated heterocycles. The fourth-order valence-corrected chi connectivity index (χ4v) is 5.85. The summed E-state index contributed by atoms with van der Waals surface area (Å²) < 4.78 is 93.7. The summed E-state index contributed by atoms with van der Waals surface area (Å²) in [6, 6.07) is 10.5. The smallest absolute Gasteiger partial charge is 0.458 e. The van der Waals surface area contributed by atoms with E-state index in [1.807, 2.05) is 11.0 Å². The summed E-state index contributed by atoms with van der Waals surface area (Å²) in [6.07, 6.45) is -3.18. The van der Waals surface area contributed by atoms with Gasteiger partial charge in [-0.15, -0.1) is 0 Å². The summed E-state index contributed by atoms with van der Waals surface area (Å²) in [5, 5.41) is 17.6. The Labute approximate surface area is 293 Å². The number of halogens is 8. The van der Waals surface area contributed by atoms with Gasteiger partial charge in [-0.1, -0.05) is 31.7 Å². The van der Waals surface area contributed by atoms with Crippen LogP contribution in [0.5, 0.6) is 5.75 Å². The molecule has 0 radical (unpaired) electrons. The minimum absolute atomic E-state index is 0.0549. The number of phenolic OH excluding ortho intramolecular Hbond substituents is 1. The molecule has 9 nitrogen and oxygen atoms in total. The van der Waals surface area contributed by atoms with Gasteiger partial charge in [-0.2, -0.15) is 26.3 Å².